The molecule has 0 saturated carbocycles. The predicted molar refractivity (Wildman–Crippen MR) is 68.1 cm³/mol. The minimum absolute atomic E-state index is 0.0136. The van der Waals surface area contributed by atoms with Gasteiger partial charge in [-0.15, -0.1) is 0 Å². The molecular formula is C13H18F2N2O2. The largest absolute Gasteiger partial charge is 0.435 e. The van der Waals surface area contributed by atoms with Crippen LogP contribution < -0.4 is 15.8 Å². The van der Waals surface area contributed by atoms with Crippen LogP contribution in [0, 0.1) is 0 Å². The van der Waals surface area contributed by atoms with Crippen molar-refractivity contribution in [1.29, 1.82) is 0 Å². The van der Waals surface area contributed by atoms with E-state index in [4.69, 9.17) is 5.73 Å². The molecule has 3 N–H and O–H groups in total. The van der Waals surface area contributed by atoms with Gasteiger partial charge in [0.2, 0.25) is 5.91 Å². The van der Waals surface area contributed by atoms with Crippen LogP contribution in [0.2, 0.25) is 0 Å². The summed E-state index contributed by atoms with van der Waals surface area (Å²) in [5, 5.41) is 2.64. The molecule has 1 aromatic carbocycles. The number of rotatable bonds is 6. The maximum absolute atomic E-state index is 12.2. The predicted octanol–water partition coefficient (Wildman–Crippen LogP) is 1.68. The SMILES string of the molecule is CC(C)(N)CNC(=O)Cc1ccccc1OC(F)F. The Bertz CT molecular complexity index is 431. The van der Waals surface area contributed by atoms with Gasteiger partial charge in [0.15, 0.2) is 0 Å². The molecule has 0 fully saturated rings. The molecule has 0 aliphatic heterocycles. The standard InChI is InChI=1S/C13H18F2N2O2/c1-13(2,16)8-17-11(18)7-9-5-3-4-6-10(9)19-12(14)15/h3-6,12H,7-8,16H2,1-2H3,(H,17,18). The van der Waals surface area contributed by atoms with E-state index in [0.717, 1.165) is 0 Å². The minimum Gasteiger partial charge on any atom is -0.435 e. The minimum atomic E-state index is -2.91. The van der Waals surface area contributed by atoms with E-state index < -0.39 is 12.2 Å². The highest BCUT2D eigenvalue weighted by atomic mass is 19.3. The van der Waals surface area contributed by atoms with E-state index in [0.29, 0.717) is 12.1 Å². The third-order valence-electron chi connectivity index (χ3n) is 2.28. The molecule has 0 unspecified atom stereocenters. The lowest BCUT2D eigenvalue weighted by atomic mass is 10.1. The molecule has 6 heteroatoms. The van der Waals surface area contributed by atoms with Crippen molar-refractivity contribution >= 4 is 5.91 Å². The van der Waals surface area contributed by atoms with Gasteiger partial charge in [0.25, 0.3) is 0 Å². The number of hydrogen-bond donors (Lipinski definition) is 2. The lowest BCUT2D eigenvalue weighted by Gasteiger charge is -2.19. The first kappa shape index (κ1) is 15.4. The molecule has 0 aromatic heterocycles. The van der Waals surface area contributed by atoms with Crippen LogP contribution in [-0.4, -0.2) is 24.6 Å². The summed E-state index contributed by atoms with van der Waals surface area (Å²) in [6, 6.07) is 6.21. The van der Waals surface area contributed by atoms with Crippen molar-refractivity contribution in [2.45, 2.75) is 32.4 Å². The van der Waals surface area contributed by atoms with Crippen molar-refractivity contribution in [3.05, 3.63) is 29.8 Å². The number of nitrogens with one attached hydrogen (secondary N) is 1. The van der Waals surface area contributed by atoms with Crippen LogP contribution >= 0.6 is 0 Å². The Morgan fingerprint density at radius 2 is 2.05 bits per heavy atom. The van der Waals surface area contributed by atoms with E-state index in [1.807, 2.05) is 0 Å². The number of halogens is 2. The number of carbonyl (C=O) groups excluding carboxylic acids is 1. The molecule has 0 heterocycles. The van der Waals surface area contributed by atoms with Crippen molar-refractivity contribution in [1.82, 2.24) is 5.32 Å². The summed E-state index contributed by atoms with van der Waals surface area (Å²) in [6.07, 6.45) is -0.0288. The number of benzene rings is 1. The number of carbonyl (C=O) groups is 1. The normalized spacial score (nSPS) is 11.5. The summed E-state index contributed by atoms with van der Waals surface area (Å²) in [7, 11) is 0. The van der Waals surface area contributed by atoms with Crippen molar-refractivity contribution in [2.75, 3.05) is 6.54 Å². The van der Waals surface area contributed by atoms with E-state index in [2.05, 4.69) is 10.1 Å². The average Bonchev–Trinajstić information content (AvgIpc) is 2.27. The van der Waals surface area contributed by atoms with Crippen LogP contribution in [0.4, 0.5) is 8.78 Å². The Kier molecular flexibility index (Phi) is 5.23. The number of hydrogen-bond acceptors (Lipinski definition) is 3. The van der Waals surface area contributed by atoms with Crippen molar-refractivity contribution in [3.8, 4) is 5.75 Å². The molecule has 1 aromatic rings. The van der Waals surface area contributed by atoms with Crippen LogP contribution in [-0.2, 0) is 11.2 Å². The van der Waals surface area contributed by atoms with Crippen LogP contribution in [0.5, 0.6) is 5.75 Å². The summed E-state index contributed by atoms with van der Waals surface area (Å²) in [4.78, 5) is 11.7. The first-order valence-corrected chi connectivity index (χ1v) is 5.86. The molecule has 1 amide bonds. The molecule has 0 bridgehead atoms. The molecular weight excluding hydrogens is 254 g/mol. The van der Waals surface area contributed by atoms with Crippen LogP contribution in [0.25, 0.3) is 0 Å². The van der Waals surface area contributed by atoms with Gasteiger partial charge in [-0.25, -0.2) is 0 Å². The topological polar surface area (TPSA) is 64.3 Å². The van der Waals surface area contributed by atoms with Crippen LogP contribution in [0.3, 0.4) is 0 Å². The van der Waals surface area contributed by atoms with E-state index in [-0.39, 0.29) is 18.1 Å². The quantitative estimate of drug-likeness (QED) is 0.828. The fraction of sp³-hybridized carbons (Fsp3) is 0.462. The number of para-hydroxylation sites is 1. The molecule has 0 atom stereocenters. The Balaban J connectivity index is 2.63. The molecule has 0 spiro atoms. The number of nitrogens with two attached hydrogens (primary N) is 1. The zero-order chi connectivity index (χ0) is 14.5. The highest BCUT2D eigenvalue weighted by molar-refractivity contribution is 5.79. The second-order valence-electron chi connectivity index (χ2n) is 4.93. The highest BCUT2D eigenvalue weighted by Crippen LogP contribution is 2.20. The molecule has 0 aliphatic carbocycles. The lowest BCUT2D eigenvalue weighted by molar-refractivity contribution is -0.120. The Morgan fingerprint density at radius 1 is 1.42 bits per heavy atom. The smallest absolute Gasteiger partial charge is 0.387 e. The van der Waals surface area contributed by atoms with Gasteiger partial charge in [0.1, 0.15) is 5.75 Å². The summed E-state index contributed by atoms with van der Waals surface area (Å²) < 4.78 is 28.8. The molecule has 0 saturated heterocycles. The lowest BCUT2D eigenvalue weighted by Crippen LogP contribution is -2.45. The zero-order valence-corrected chi connectivity index (χ0v) is 11.0. The Morgan fingerprint density at radius 3 is 2.63 bits per heavy atom. The number of ether oxygens (including phenoxy) is 1. The average molecular weight is 272 g/mol. The van der Waals surface area contributed by atoms with Gasteiger partial charge in [-0.3, -0.25) is 4.79 Å². The van der Waals surface area contributed by atoms with Gasteiger partial charge in [-0.1, -0.05) is 18.2 Å². The summed E-state index contributed by atoms with van der Waals surface area (Å²) in [5.74, 6) is -0.275. The monoisotopic (exact) mass is 272 g/mol. The third-order valence-corrected chi connectivity index (χ3v) is 2.28. The molecule has 0 aliphatic rings. The summed E-state index contributed by atoms with van der Waals surface area (Å²) in [6.45, 7) is 0.957. The molecule has 1 rings (SSSR count). The van der Waals surface area contributed by atoms with E-state index in [1.165, 1.54) is 6.07 Å². The second-order valence-corrected chi connectivity index (χ2v) is 4.93. The van der Waals surface area contributed by atoms with Gasteiger partial charge in [0, 0.05) is 17.6 Å². The fourth-order valence-electron chi connectivity index (χ4n) is 1.42. The van der Waals surface area contributed by atoms with E-state index in [1.54, 1.807) is 32.0 Å². The fourth-order valence-corrected chi connectivity index (χ4v) is 1.42. The van der Waals surface area contributed by atoms with Gasteiger partial charge in [-0.2, -0.15) is 8.78 Å². The van der Waals surface area contributed by atoms with E-state index >= 15 is 0 Å². The van der Waals surface area contributed by atoms with E-state index in [9.17, 15) is 13.6 Å². The van der Waals surface area contributed by atoms with Crippen molar-refractivity contribution in [2.24, 2.45) is 5.73 Å². The third kappa shape index (κ3) is 6.15. The molecule has 19 heavy (non-hydrogen) atoms. The van der Waals surface area contributed by atoms with Crippen LogP contribution in [0.1, 0.15) is 19.4 Å². The maximum atomic E-state index is 12.2. The molecule has 4 nitrogen and oxygen atoms in total. The molecule has 106 valence electrons. The zero-order valence-electron chi connectivity index (χ0n) is 11.0. The van der Waals surface area contributed by atoms with Crippen molar-refractivity contribution in [3.63, 3.8) is 0 Å². The summed E-state index contributed by atoms with van der Waals surface area (Å²) in [5.41, 5.74) is 5.63. The Hall–Kier alpha value is -1.69. The second kappa shape index (κ2) is 6.47. The van der Waals surface area contributed by atoms with Crippen molar-refractivity contribution < 1.29 is 18.3 Å². The van der Waals surface area contributed by atoms with Gasteiger partial charge >= 0.3 is 6.61 Å². The first-order chi connectivity index (χ1) is 8.78. The Labute approximate surface area is 110 Å². The van der Waals surface area contributed by atoms with Gasteiger partial charge in [-0.05, 0) is 19.9 Å². The molecule has 0 radical (unpaired) electrons. The van der Waals surface area contributed by atoms with Gasteiger partial charge < -0.3 is 15.8 Å². The number of amides is 1. The number of alkyl halides is 2. The summed E-state index contributed by atoms with van der Waals surface area (Å²) >= 11 is 0. The first-order valence-electron chi connectivity index (χ1n) is 5.86. The van der Waals surface area contributed by atoms with Gasteiger partial charge in [0.05, 0.1) is 6.42 Å². The maximum Gasteiger partial charge on any atom is 0.387 e. The van der Waals surface area contributed by atoms with Crippen LogP contribution in [0.15, 0.2) is 24.3 Å². The highest BCUT2D eigenvalue weighted by Gasteiger charge is 2.15.